The van der Waals surface area contributed by atoms with Gasteiger partial charge in [0.1, 0.15) is 0 Å². The van der Waals surface area contributed by atoms with Crippen LogP contribution in [0.5, 0.6) is 0 Å². The lowest BCUT2D eigenvalue weighted by atomic mass is 9.89. The monoisotopic (exact) mass is 297 g/mol. The Morgan fingerprint density at radius 2 is 1.75 bits per heavy atom. The first-order valence-electron chi connectivity index (χ1n) is 7.12. The van der Waals surface area contributed by atoms with Crippen LogP contribution in [0.25, 0.3) is 0 Å². The molecule has 0 aromatic carbocycles. The molecule has 0 radical (unpaired) electrons. The van der Waals surface area contributed by atoms with Crippen molar-refractivity contribution >= 4 is 0 Å². The largest absolute Gasteiger partial charge is 0.319 e. The zero-order valence-electron chi connectivity index (χ0n) is 11.8. The first-order valence-corrected chi connectivity index (χ1v) is 7.12. The van der Waals surface area contributed by atoms with E-state index in [2.05, 4.69) is 17.1 Å². The number of hydrogen-bond acceptors (Lipinski definition) is 3. The lowest BCUT2D eigenvalue weighted by Crippen LogP contribution is -2.53. The molecule has 1 atom stereocenters. The van der Waals surface area contributed by atoms with Crippen molar-refractivity contribution in [2.75, 3.05) is 52.4 Å². The highest BCUT2D eigenvalue weighted by molar-refractivity contribution is 4.88. The van der Waals surface area contributed by atoms with Crippen molar-refractivity contribution < 1.29 is 17.6 Å². The van der Waals surface area contributed by atoms with Gasteiger partial charge in [0.15, 0.2) is 0 Å². The molecular formula is C13H23F4N3. The van der Waals surface area contributed by atoms with Crippen LogP contribution in [-0.2, 0) is 0 Å². The van der Waals surface area contributed by atoms with Crippen LogP contribution < -0.4 is 5.32 Å². The number of hydrogen-bond donors (Lipinski definition) is 1. The van der Waals surface area contributed by atoms with Gasteiger partial charge < -0.3 is 10.2 Å². The van der Waals surface area contributed by atoms with E-state index in [9.17, 15) is 17.6 Å². The van der Waals surface area contributed by atoms with Gasteiger partial charge in [-0.2, -0.15) is 8.78 Å². The normalized spacial score (nSPS) is 30.3. The van der Waals surface area contributed by atoms with Crippen molar-refractivity contribution in [3.05, 3.63) is 0 Å². The topological polar surface area (TPSA) is 18.5 Å². The molecule has 20 heavy (non-hydrogen) atoms. The van der Waals surface area contributed by atoms with Crippen LogP contribution in [-0.4, -0.2) is 74.5 Å². The average Bonchev–Trinajstić information content (AvgIpc) is 2.78. The standard InChI is InChI=1S/C13H23F4N3/c1-12(2-3-18-8-12)9-19-4-6-20(7-5-19)10-13(16,17)11(14)15/h11,18H,2-10H2,1H3. The molecule has 0 aromatic heterocycles. The van der Waals surface area contributed by atoms with E-state index in [0.717, 1.165) is 26.1 Å². The summed E-state index contributed by atoms with van der Waals surface area (Å²) in [6.45, 7) is 6.57. The van der Waals surface area contributed by atoms with Gasteiger partial charge in [0, 0.05) is 39.3 Å². The molecular weight excluding hydrogens is 274 g/mol. The summed E-state index contributed by atoms with van der Waals surface area (Å²) < 4.78 is 50.3. The highest BCUT2D eigenvalue weighted by atomic mass is 19.3. The molecule has 118 valence electrons. The summed E-state index contributed by atoms with van der Waals surface area (Å²) in [5.41, 5.74) is 0.245. The van der Waals surface area contributed by atoms with Gasteiger partial charge in [-0.15, -0.1) is 0 Å². The fraction of sp³-hybridized carbons (Fsp3) is 1.00. The van der Waals surface area contributed by atoms with Gasteiger partial charge in [-0.25, -0.2) is 8.78 Å². The fourth-order valence-electron chi connectivity index (χ4n) is 3.02. The summed E-state index contributed by atoms with van der Waals surface area (Å²) >= 11 is 0. The van der Waals surface area contributed by atoms with Gasteiger partial charge in [0.2, 0.25) is 0 Å². The molecule has 2 heterocycles. The third-order valence-corrected chi connectivity index (χ3v) is 4.28. The molecule has 2 saturated heterocycles. The molecule has 0 spiro atoms. The van der Waals surface area contributed by atoms with E-state index >= 15 is 0 Å². The molecule has 1 N–H and O–H groups in total. The predicted molar refractivity (Wildman–Crippen MR) is 69.4 cm³/mol. The molecule has 2 aliphatic heterocycles. The van der Waals surface area contributed by atoms with E-state index < -0.39 is 18.9 Å². The summed E-state index contributed by atoms with van der Waals surface area (Å²) in [5.74, 6) is -3.90. The highest BCUT2D eigenvalue weighted by Crippen LogP contribution is 2.27. The molecule has 0 bridgehead atoms. The first kappa shape index (κ1) is 16.0. The molecule has 0 amide bonds. The number of nitrogens with one attached hydrogen (secondary N) is 1. The summed E-state index contributed by atoms with van der Waals surface area (Å²) in [5, 5.41) is 3.34. The zero-order chi connectivity index (χ0) is 14.8. The van der Waals surface area contributed by atoms with Crippen molar-refractivity contribution in [1.82, 2.24) is 15.1 Å². The molecule has 2 aliphatic rings. The van der Waals surface area contributed by atoms with Crippen molar-refractivity contribution in [3.63, 3.8) is 0 Å². The molecule has 3 nitrogen and oxygen atoms in total. The summed E-state index contributed by atoms with van der Waals surface area (Å²) in [7, 11) is 0. The van der Waals surface area contributed by atoms with Gasteiger partial charge in [-0.3, -0.25) is 4.90 Å². The minimum Gasteiger partial charge on any atom is -0.316 e. The molecule has 0 aliphatic carbocycles. The van der Waals surface area contributed by atoms with Crippen LogP contribution in [0.2, 0.25) is 0 Å². The van der Waals surface area contributed by atoms with Gasteiger partial charge in [-0.1, -0.05) is 6.92 Å². The number of nitrogens with zero attached hydrogens (tertiary/aromatic N) is 2. The lowest BCUT2D eigenvalue weighted by molar-refractivity contribution is -0.145. The average molecular weight is 297 g/mol. The third-order valence-electron chi connectivity index (χ3n) is 4.28. The summed E-state index contributed by atoms with van der Waals surface area (Å²) in [6, 6.07) is 0. The van der Waals surface area contributed by atoms with E-state index in [1.807, 2.05) is 0 Å². The quantitative estimate of drug-likeness (QED) is 0.776. The molecule has 0 aromatic rings. The maximum absolute atomic E-state index is 13.0. The van der Waals surface area contributed by atoms with Gasteiger partial charge in [-0.05, 0) is 18.4 Å². The lowest BCUT2D eigenvalue weighted by Gasteiger charge is -2.39. The van der Waals surface area contributed by atoms with E-state index in [0.29, 0.717) is 26.2 Å². The van der Waals surface area contributed by atoms with Gasteiger partial charge in [0.05, 0.1) is 6.54 Å². The number of alkyl halides is 4. The fourth-order valence-corrected chi connectivity index (χ4v) is 3.02. The van der Waals surface area contributed by atoms with Crippen LogP contribution in [0.4, 0.5) is 17.6 Å². The minimum absolute atomic E-state index is 0.245. The van der Waals surface area contributed by atoms with Crippen molar-refractivity contribution in [1.29, 1.82) is 0 Å². The summed E-state index contributed by atoms with van der Waals surface area (Å²) in [4.78, 5) is 3.70. The predicted octanol–water partition coefficient (Wildman–Crippen LogP) is 1.50. The minimum atomic E-state index is -3.90. The van der Waals surface area contributed by atoms with Crippen molar-refractivity contribution in [2.45, 2.75) is 25.7 Å². The van der Waals surface area contributed by atoms with Crippen molar-refractivity contribution in [2.24, 2.45) is 5.41 Å². The van der Waals surface area contributed by atoms with E-state index in [1.54, 1.807) is 0 Å². The number of rotatable bonds is 5. The third kappa shape index (κ3) is 4.05. The van der Waals surface area contributed by atoms with E-state index in [4.69, 9.17) is 0 Å². The van der Waals surface area contributed by atoms with Crippen LogP contribution >= 0.6 is 0 Å². The summed E-state index contributed by atoms with van der Waals surface area (Å²) in [6.07, 6.45) is -2.46. The van der Waals surface area contributed by atoms with Crippen molar-refractivity contribution in [3.8, 4) is 0 Å². The zero-order valence-corrected chi connectivity index (χ0v) is 11.8. The van der Waals surface area contributed by atoms with Crippen LogP contribution in [0.1, 0.15) is 13.3 Å². The maximum Gasteiger partial charge on any atom is 0.319 e. The highest BCUT2D eigenvalue weighted by Gasteiger charge is 2.42. The Bertz CT molecular complexity index is 296. The Kier molecular flexibility index (Phi) is 4.92. The van der Waals surface area contributed by atoms with Crippen LogP contribution in [0.15, 0.2) is 0 Å². The molecule has 2 rings (SSSR count). The number of halogens is 4. The van der Waals surface area contributed by atoms with E-state index in [-0.39, 0.29) is 5.41 Å². The Balaban J connectivity index is 1.75. The SMILES string of the molecule is CC1(CN2CCN(CC(F)(F)C(F)F)CC2)CCNC1. The van der Waals surface area contributed by atoms with Crippen LogP contribution in [0, 0.1) is 5.41 Å². The smallest absolute Gasteiger partial charge is 0.316 e. The van der Waals surface area contributed by atoms with Gasteiger partial charge >= 0.3 is 12.3 Å². The second kappa shape index (κ2) is 6.15. The second-order valence-corrected chi connectivity index (χ2v) is 6.35. The Morgan fingerprint density at radius 3 is 2.25 bits per heavy atom. The number of piperazine rings is 1. The van der Waals surface area contributed by atoms with Crippen LogP contribution in [0.3, 0.4) is 0 Å². The first-order chi connectivity index (χ1) is 9.31. The second-order valence-electron chi connectivity index (χ2n) is 6.35. The Labute approximate surface area is 117 Å². The Morgan fingerprint density at radius 1 is 1.15 bits per heavy atom. The molecule has 7 heteroatoms. The Hall–Kier alpha value is -0.400. The maximum atomic E-state index is 13.0. The van der Waals surface area contributed by atoms with Gasteiger partial charge in [0.25, 0.3) is 0 Å². The molecule has 1 unspecified atom stereocenters. The molecule has 0 saturated carbocycles. The molecule has 2 fully saturated rings. The van der Waals surface area contributed by atoms with E-state index in [1.165, 1.54) is 4.90 Å².